The van der Waals surface area contributed by atoms with E-state index in [1.807, 2.05) is 36.1 Å². The number of nitrogens with zero attached hydrogens (tertiary/aromatic N) is 6. The summed E-state index contributed by atoms with van der Waals surface area (Å²) < 4.78 is 0. The average molecular weight is 438 g/mol. The Morgan fingerprint density at radius 1 is 1.19 bits per heavy atom. The average Bonchev–Trinajstić information content (AvgIpc) is 3.27. The number of hydrogen-bond acceptors (Lipinski definition) is 6. The summed E-state index contributed by atoms with van der Waals surface area (Å²) in [6.45, 7) is 4.75. The van der Waals surface area contributed by atoms with Crippen LogP contribution in [0.3, 0.4) is 0 Å². The summed E-state index contributed by atoms with van der Waals surface area (Å²) in [5, 5.41) is 12.4. The lowest BCUT2D eigenvalue weighted by Crippen LogP contribution is -2.64. The van der Waals surface area contributed by atoms with E-state index in [0.717, 1.165) is 24.4 Å². The van der Waals surface area contributed by atoms with Crippen molar-refractivity contribution in [1.29, 1.82) is 0 Å². The Kier molecular flexibility index (Phi) is 5.09. The number of nitrogens with one attached hydrogen (secondary N) is 1. The minimum absolute atomic E-state index is 0.0446. The van der Waals surface area contributed by atoms with E-state index in [1.165, 1.54) is 4.80 Å². The van der Waals surface area contributed by atoms with Gasteiger partial charge in [0.25, 0.3) is 5.91 Å². The zero-order valence-corrected chi connectivity index (χ0v) is 18.2. The lowest BCUT2D eigenvalue weighted by molar-refractivity contribution is -0.0505. The zero-order valence-electron chi connectivity index (χ0n) is 17.4. The summed E-state index contributed by atoms with van der Waals surface area (Å²) in [6, 6.07) is 7.67. The van der Waals surface area contributed by atoms with Gasteiger partial charge in [-0.2, -0.15) is 10.2 Å². The monoisotopic (exact) mass is 437 g/mol. The third-order valence-electron chi connectivity index (χ3n) is 6.56. The van der Waals surface area contributed by atoms with Crippen molar-refractivity contribution in [2.75, 3.05) is 11.9 Å². The van der Waals surface area contributed by atoms with Gasteiger partial charge in [0, 0.05) is 24.5 Å². The minimum atomic E-state index is -0.0677. The molecule has 1 aliphatic carbocycles. The molecule has 6 rings (SSSR count). The first-order chi connectivity index (χ1) is 15.0. The molecule has 2 aliphatic heterocycles. The summed E-state index contributed by atoms with van der Waals surface area (Å²) in [4.78, 5) is 26.3. The summed E-state index contributed by atoms with van der Waals surface area (Å²) in [5.74, 6) is 1.71. The van der Waals surface area contributed by atoms with Crippen LogP contribution in [0.1, 0.15) is 35.9 Å². The van der Waals surface area contributed by atoms with Crippen LogP contribution in [0.4, 0.5) is 5.82 Å². The van der Waals surface area contributed by atoms with Crippen LogP contribution in [0.25, 0.3) is 5.69 Å². The highest BCUT2D eigenvalue weighted by molar-refractivity contribution is 6.30. The molecule has 2 saturated heterocycles. The largest absolute Gasteiger partial charge is 0.368 e. The quantitative estimate of drug-likeness (QED) is 0.658. The van der Waals surface area contributed by atoms with Crippen molar-refractivity contribution in [1.82, 2.24) is 29.9 Å². The molecular formula is C22H24ClN7O. The molecule has 5 heterocycles. The molecule has 1 N–H and O–H groups in total. The molecule has 1 amide bonds. The predicted octanol–water partition coefficient (Wildman–Crippen LogP) is 3.37. The van der Waals surface area contributed by atoms with Gasteiger partial charge in [-0.05, 0) is 55.9 Å². The number of halogens is 1. The maximum Gasteiger partial charge on any atom is 0.275 e. The molecule has 2 bridgehead atoms. The van der Waals surface area contributed by atoms with Crippen molar-refractivity contribution in [2.24, 2.45) is 11.8 Å². The SMILES string of the molecule is Cc1ccc(-n2nccn2)c(C(=O)N2C3CC(C3)[C@H](C)[C@H]2CNc2ccc(Cl)cn2)n1. The van der Waals surface area contributed by atoms with E-state index in [9.17, 15) is 4.79 Å². The minimum Gasteiger partial charge on any atom is -0.368 e. The van der Waals surface area contributed by atoms with Gasteiger partial charge in [0.2, 0.25) is 0 Å². The van der Waals surface area contributed by atoms with Crippen molar-refractivity contribution in [2.45, 2.75) is 38.8 Å². The molecule has 3 fully saturated rings. The van der Waals surface area contributed by atoms with Crippen molar-refractivity contribution in [3.63, 3.8) is 0 Å². The van der Waals surface area contributed by atoms with Gasteiger partial charge in [-0.3, -0.25) is 4.79 Å². The topological polar surface area (TPSA) is 88.8 Å². The number of piperidine rings is 2. The number of carbonyl (C=O) groups excluding carboxylic acids is 1. The Bertz CT molecular complexity index is 1080. The van der Waals surface area contributed by atoms with Crippen LogP contribution in [0.5, 0.6) is 0 Å². The van der Waals surface area contributed by atoms with E-state index in [4.69, 9.17) is 11.6 Å². The number of anilines is 1. The van der Waals surface area contributed by atoms with Crippen LogP contribution in [-0.4, -0.2) is 54.4 Å². The fraction of sp³-hybridized carbons (Fsp3) is 0.409. The first-order valence-corrected chi connectivity index (χ1v) is 10.9. The number of carbonyl (C=O) groups is 1. The van der Waals surface area contributed by atoms with Gasteiger partial charge < -0.3 is 10.2 Å². The standard InChI is InChI=1S/C22H24ClN7O/c1-13-3-5-18(30-26-7-8-27-30)21(28-13)22(31)29-17-9-15(10-17)14(2)19(29)12-25-20-6-4-16(23)11-24-20/h3-8,11,14-15,17,19H,9-10,12H2,1-2H3,(H,24,25)/t14-,15?,17?,19+/m0/s1. The number of hydrogen-bond donors (Lipinski definition) is 1. The van der Waals surface area contributed by atoms with Crippen LogP contribution < -0.4 is 5.32 Å². The molecule has 3 aromatic heterocycles. The number of aryl methyl sites for hydroxylation is 1. The molecule has 2 atom stereocenters. The predicted molar refractivity (Wildman–Crippen MR) is 117 cm³/mol. The summed E-state index contributed by atoms with van der Waals surface area (Å²) in [5.41, 5.74) is 1.78. The molecule has 3 aromatic rings. The molecule has 3 aliphatic rings. The summed E-state index contributed by atoms with van der Waals surface area (Å²) in [7, 11) is 0. The van der Waals surface area contributed by atoms with Gasteiger partial charge in [-0.15, -0.1) is 4.80 Å². The second-order valence-corrected chi connectivity index (χ2v) is 8.84. The van der Waals surface area contributed by atoms with E-state index in [1.54, 1.807) is 18.6 Å². The van der Waals surface area contributed by atoms with Crippen LogP contribution in [-0.2, 0) is 0 Å². The number of fused-ring (bicyclic) bond motifs is 2. The molecule has 31 heavy (non-hydrogen) atoms. The maximum absolute atomic E-state index is 13.8. The van der Waals surface area contributed by atoms with E-state index < -0.39 is 0 Å². The Balaban J connectivity index is 1.45. The number of pyridine rings is 2. The van der Waals surface area contributed by atoms with Crippen molar-refractivity contribution in [3.8, 4) is 5.69 Å². The first kappa shape index (κ1) is 19.9. The number of amides is 1. The third-order valence-corrected chi connectivity index (χ3v) is 6.78. The lowest BCUT2D eigenvalue weighted by atomic mass is 9.64. The fourth-order valence-electron chi connectivity index (χ4n) is 4.75. The fourth-order valence-corrected chi connectivity index (χ4v) is 4.86. The molecule has 9 heteroatoms. The van der Waals surface area contributed by atoms with Gasteiger partial charge in [0.05, 0.1) is 23.5 Å². The Morgan fingerprint density at radius 3 is 2.68 bits per heavy atom. The number of aromatic nitrogens is 5. The second-order valence-electron chi connectivity index (χ2n) is 8.41. The smallest absolute Gasteiger partial charge is 0.275 e. The first-order valence-electron chi connectivity index (χ1n) is 10.5. The van der Waals surface area contributed by atoms with Crippen molar-refractivity contribution < 1.29 is 4.79 Å². The van der Waals surface area contributed by atoms with Gasteiger partial charge in [-0.25, -0.2) is 9.97 Å². The van der Waals surface area contributed by atoms with Crippen LogP contribution in [0.15, 0.2) is 42.9 Å². The molecular weight excluding hydrogens is 414 g/mol. The normalized spacial score (nSPS) is 24.5. The van der Waals surface area contributed by atoms with Crippen LogP contribution in [0.2, 0.25) is 5.02 Å². The highest BCUT2D eigenvalue weighted by atomic mass is 35.5. The molecule has 0 unspecified atom stereocenters. The molecule has 160 valence electrons. The molecule has 0 radical (unpaired) electrons. The summed E-state index contributed by atoms with van der Waals surface area (Å²) >= 11 is 5.95. The van der Waals surface area contributed by atoms with Crippen LogP contribution in [0, 0.1) is 18.8 Å². The highest BCUT2D eigenvalue weighted by Crippen LogP contribution is 2.47. The molecule has 0 aromatic carbocycles. The zero-order chi connectivity index (χ0) is 21.5. The van der Waals surface area contributed by atoms with Crippen molar-refractivity contribution in [3.05, 3.63) is 59.3 Å². The third kappa shape index (κ3) is 3.65. The Hall–Kier alpha value is -3.00. The molecule has 8 nitrogen and oxygen atoms in total. The molecule has 0 spiro atoms. The maximum atomic E-state index is 13.8. The van der Waals surface area contributed by atoms with Crippen LogP contribution >= 0.6 is 11.6 Å². The lowest BCUT2D eigenvalue weighted by Gasteiger charge is -2.57. The Morgan fingerprint density at radius 2 is 1.97 bits per heavy atom. The van der Waals surface area contributed by atoms with Gasteiger partial charge >= 0.3 is 0 Å². The van der Waals surface area contributed by atoms with Gasteiger partial charge in [0.15, 0.2) is 5.69 Å². The van der Waals surface area contributed by atoms with E-state index in [0.29, 0.717) is 34.8 Å². The van der Waals surface area contributed by atoms with Gasteiger partial charge in [-0.1, -0.05) is 18.5 Å². The number of rotatable bonds is 5. The van der Waals surface area contributed by atoms with E-state index >= 15 is 0 Å². The van der Waals surface area contributed by atoms with E-state index in [2.05, 4.69) is 32.4 Å². The second kappa shape index (κ2) is 7.92. The van der Waals surface area contributed by atoms with Gasteiger partial charge in [0.1, 0.15) is 11.5 Å². The van der Waals surface area contributed by atoms with E-state index in [-0.39, 0.29) is 18.0 Å². The highest BCUT2D eigenvalue weighted by Gasteiger charge is 2.51. The van der Waals surface area contributed by atoms with Crippen molar-refractivity contribution >= 4 is 23.3 Å². The summed E-state index contributed by atoms with van der Waals surface area (Å²) in [6.07, 6.45) is 6.90. The Labute approximate surface area is 185 Å². The molecule has 1 saturated carbocycles.